The van der Waals surface area contributed by atoms with Gasteiger partial charge >= 0.3 is 6.03 Å². The topological polar surface area (TPSA) is 52.6 Å². The smallest absolute Gasteiger partial charge is 0.318 e. The van der Waals surface area contributed by atoms with Crippen molar-refractivity contribution in [1.29, 1.82) is 0 Å². The fourth-order valence-corrected chi connectivity index (χ4v) is 3.68. The Morgan fingerprint density at radius 1 is 1.53 bits per heavy atom. The number of hydrogen-bond donors (Lipinski definition) is 2. The van der Waals surface area contributed by atoms with Crippen LogP contribution in [0.3, 0.4) is 0 Å². The summed E-state index contributed by atoms with van der Waals surface area (Å²) in [6.45, 7) is 6.63. The third kappa shape index (κ3) is 5.45. The van der Waals surface area contributed by atoms with Crippen molar-refractivity contribution < 1.29 is 9.90 Å². The molecule has 1 aliphatic rings. The normalized spacial score (nSPS) is 22.8. The molecule has 0 aromatic rings. The lowest BCUT2D eigenvalue weighted by molar-refractivity contribution is 0.178. The Bertz CT molecular complexity index is 285. The van der Waals surface area contributed by atoms with Crippen molar-refractivity contribution in [2.24, 2.45) is 0 Å². The number of amides is 2. The highest BCUT2D eigenvalue weighted by Crippen LogP contribution is 2.28. The van der Waals surface area contributed by atoms with Crippen molar-refractivity contribution in [2.75, 3.05) is 25.4 Å². The van der Waals surface area contributed by atoms with Crippen molar-refractivity contribution in [2.45, 2.75) is 43.9 Å². The van der Waals surface area contributed by atoms with Crippen LogP contribution in [0.15, 0.2) is 12.7 Å². The van der Waals surface area contributed by atoms with Crippen LogP contribution in [0.4, 0.5) is 4.79 Å². The summed E-state index contributed by atoms with van der Waals surface area (Å²) in [5.41, 5.74) is 0. The van der Waals surface area contributed by atoms with Gasteiger partial charge in [-0.15, -0.1) is 6.58 Å². The van der Waals surface area contributed by atoms with E-state index in [0.717, 1.165) is 12.2 Å². The molecule has 0 aliphatic heterocycles. The van der Waals surface area contributed by atoms with Crippen molar-refractivity contribution in [1.82, 2.24) is 10.2 Å². The zero-order chi connectivity index (χ0) is 14.1. The number of urea groups is 1. The summed E-state index contributed by atoms with van der Waals surface area (Å²) in [7, 11) is 0. The molecule has 19 heavy (non-hydrogen) atoms. The molecule has 0 heterocycles. The molecule has 1 fully saturated rings. The zero-order valence-electron chi connectivity index (χ0n) is 11.8. The maximum Gasteiger partial charge on any atom is 0.318 e. The molecule has 2 amide bonds. The number of hydrogen-bond acceptors (Lipinski definition) is 3. The first-order valence-corrected chi connectivity index (χ1v) is 8.16. The lowest BCUT2D eigenvalue weighted by atomic mass is 9.95. The molecule has 1 rings (SSSR count). The second kappa shape index (κ2) is 9.26. The van der Waals surface area contributed by atoms with Crippen LogP contribution in [-0.4, -0.2) is 52.8 Å². The summed E-state index contributed by atoms with van der Waals surface area (Å²) in [6.07, 6.45) is 6.38. The molecule has 0 radical (unpaired) electrons. The summed E-state index contributed by atoms with van der Waals surface area (Å²) in [5, 5.41) is 12.7. The van der Waals surface area contributed by atoms with E-state index in [2.05, 4.69) is 18.8 Å². The van der Waals surface area contributed by atoms with Gasteiger partial charge in [0, 0.05) is 24.4 Å². The van der Waals surface area contributed by atoms with Gasteiger partial charge in [0.2, 0.25) is 0 Å². The molecule has 0 spiro atoms. The van der Waals surface area contributed by atoms with Gasteiger partial charge in [0.05, 0.1) is 6.61 Å². The van der Waals surface area contributed by atoms with E-state index in [-0.39, 0.29) is 18.7 Å². The van der Waals surface area contributed by atoms with Crippen molar-refractivity contribution in [3.05, 3.63) is 12.7 Å². The summed E-state index contributed by atoms with van der Waals surface area (Å²) < 4.78 is 0. The van der Waals surface area contributed by atoms with Crippen molar-refractivity contribution >= 4 is 17.8 Å². The lowest BCUT2D eigenvalue weighted by Crippen LogP contribution is -2.50. The summed E-state index contributed by atoms with van der Waals surface area (Å²) in [5.74, 6) is 1.09. The Kier molecular flexibility index (Phi) is 7.98. The Balaban J connectivity index is 2.53. The minimum Gasteiger partial charge on any atom is -0.395 e. The third-order valence-electron chi connectivity index (χ3n) is 3.40. The van der Waals surface area contributed by atoms with Gasteiger partial charge in [-0.1, -0.05) is 25.8 Å². The SMILES string of the molecule is C=CCN(CCO)C(=O)NC1CCCCC1SCC. The van der Waals surface area contributed by atoms with Gasteiger partial charge in [-0.25, -0.2) is 4.79 Å². The van der Waals surface area contributed by atoms with Crippen LogP contribution in [0.1, 0.15) is 32.6 Å². The maximum absolute atomic E-state index is 12.2. The molecule has 4 nitrogen and oxygen atoms in total. The van der Waals surface area contributed by atoms with Gasteiger partial charge in [0.25, 0.3) is 0 Å². The van der Waals surface area contributed by atoms with Crippen LogP contribution in [0.5, 0.6) is 0 Å². The molecule has 2 unspecified atom stereocenters. The first-order chi connectivity index (χ1) is 9.22. The molecule has 0 bridgehead atoms. The van der Waals surface area contributed by atoms with Gasteiger partial charge in [-0.2, -0.15) is 11.8 Å². The molecule has 110 valence electrons. The molecule has 1 saturated carbocycles. The van der Waals surface area contributed by atoms with Crippen LogP contribution in [0.2, 0.25) is 0 Å². The van der Waals surface area contributed by atoms with Crippen LogP contribution < -0.4 is 5.32 Å². The highest BCUT2D eigenvalue weighted by molar-refractivity contribution is 7.99. The van der Waals surface area contributed by atoms with Gasteiger partial charge in [-0.05, 0) is 18.6 Å². The van der Waals surface area contributed by atoms with Crippen LogP contribution >= 0.6 is 11.8 Å². The lowest BCUT2D eigenvalue weighted by Gasteiger charge is -2.33. The first-order valence-electron chi connectivity index (χ1n) is 7.11. The minimum atomic E-state index is -0.0810. The van der Waals surface area contributed by atoms with Crippen molar-refractivity contribution in [3.63, 3.8) is 0 Å². The second-order valence-electron chi connectivity index (χ2n) is 4.79. The van der Waals surface area contributed by atoms with E-state index in [9.17, 15) is 4.79 Å². The molecule has 1 aliphatic carbocycles. The van der Waals surface area contributed by atoms with E-state index in [4.69, 9.17) is 5.11 Å². The second-order valence-corrected chi connectivity index (χ2v) is 6.31. The Hall–Kier alpha value is -0.680. The average molecular weight is 286 g/mol. The van der Waals surface area contributed by atoms with E-state index >= 15 is 0 Å². The van der Waals surface area contributed by atoms with E-state index in [1.807, 2.05) is 11.8 Å². The number of nitrogens with one attached hydrogen (secondary N) is 1. The Morgan fingerprint density at radius 2 is 2.26 bits per heavy atom. The summed E-state index contributed by atoms with van der Waals surface area (Å²) in [6, 6.07) is 0.180. The quantitative estimate of drug-likeness (QED) is 0.706. The fraction of sp³-hybridized carbons (Fsp3) is 0.786. The van der Waals surface area contributed by atoms with E-state index in [0.29, 0.717) is 18.3 Å². The predicted octanol–water partition coefficient (Wildman–Crippen LogP) is 2.24. The maximum atomic E-state index is 12.2. The highest BCUT2D eigenvalue weighted by atomic mass is 32.2. The Morgan fingerprint density at radius 3 is 2.89 bits per heavy atom. The predicted molar refractivity (Wildman–Crippen MR) is 81.6 cm³/mol. The number of carbonyl (C=O) groups is 1. The van der Waals surface area contributed by atoms with Crippen LogP contribution in [0, 0.1) is 0 Å². The molecular formula is C14H26N2O2S. The molecule has 0 saturated heterocycles. The minimum absolute atomic E-state index is 0.0148. The Labute approximate surface area is 120 Å². The van der Waals surface area contributed by atoms with E-state index in [1.54, 1.807) is 11.0 Å². The van der Waals surface area contributed by atoms with E-state index < -0.39 is 0 Å². The average Bonchev–Trinajstić information content (AvgIpc) is 2.41. The number of aliphatic hydroxyl groups is 1. The fourth-order valence-electron chi connectivity index (χ4n) is 2.48. The molecule has 0 aromatic heterocycles. The number of rotatable bonds is 7. The standard InChI is InChI=1S/C14H26N2O2S/c1-3-9-16(10-11-17)14(18)15-12-7-5-6-8-13(12)19-4-2/h3,12-13,17H,1,4-11H2,2H3,(H,15,18). The molecule has 2 N–H and O–H groups in total. The monoisotopic (exact) mass is 286 g/mol. The number of thioether (sulfide) groups is 1. The number of aliphatic hydroxyl groups excluding tert-OH is 1. The van der Waals surface area contributed by atoms with Gasteiger partial charge in [0.15, 0.2) is 0 Å². The molecule has 0 aromatic carbocycles. The van der Waals surface area contributed by atoms with Crippen molar-refractivity contribution in [3.8, 4) is 0 Å². The number of carbonyl (C=O) groups excluding carboxylic acids is 1. The molecule has 5 heteroatoms. The van der Waals surface area contributed by atoms with Crippen LogP contribution in [0.25, 0.3) is 0 Å². The first kappa shape index (κ1) is 16.4. The molecular weight excluding hydrogens is 260 g/mol. The summed E-state index contributed by atoms with van der Waals surface area (Å²) >= 11 is 1.94. The van der Waals surface area contributed by atoms with Crippen LogP contribution in [-0.2, 0) is 0 Å². The van der Waals surface area contributed by atoms with Gasteiger partial charge < -0.3 is 15.3 Å². The molecule has 2 atom stereocenters. The third-order valence-corrected chi connectivity index (χ3v) is 4.72. The highest BCUT2D eigenvalue weighted by Gasteiger charge is 2.27. The van der Waals surface area contributed by atoms with Gasteiger partial charge in [-0.3, -0.25) is 0 Å². The largest absolute Gasteiger partial charge is 0.395 e. The zero-order valence-corrected chi connectivity index (χ0v) is 12.6. The van der Waals surface area contributed by atoms with E-state index in [1.165, 1.54) is 19.3 Å². The summed E-state index contributed by atoms with van der Waals surface area (Å²) in [4.78, 5) is 13.8. The number of nitrogens with zero attached hydrogens (tertiary/aromatic N) is 1. The van der Waals surface area contributed by atoms with Gasteiger partial charge in [0.1, 0.15) is 0 Å².